The van der Waals surface area contributed by atoms with Gasteiger partial charge in [-0.05, 0) is 43.0 Å². The van der Waals surface area contributed by atoms with Crippen molar-refractivity contribution in [3.8, 4) is 0 Å². The van der Waals surface area contributed by atoms with Crippen molar-refractivity contribution in [2.24, 2.45) is 10.9 Å². The maximum Gasteiger partial charge on any atom is 0.261 e. The fraction of sp³-hybridized carbons (Fsp3) is 0.667. The molecule has 0 bridgehead atoms. The van der Waals surface area contributed by atoms with Gasteiger partial charge >= 0.3 is 0 Å². The van der Waals surface area contributed by atoms with E-state index in [-0.39, 0.29) is 29.9 Å². The maximum atomic E-state index is 11.8. The minimum atomic E-state index is 0. The molecule has 2 heterocycles. The van der Waals surface area contributed by atoms with Crippen molar-refractivity contribution in [2.75, 3.05) is 46.9 Å². The maximum absolute atomic E-state index is 11.8. The van der Waals surface area contributed by atoms with Crippen LogP contribution in [0.3, 0.4) is 0 Å². The van der Waals surface area contributed by atoms with Crippen molar-refractivity contribution in [1.29, 1.82) is 0 Å². The summed E-state index contributed by atoms with van der Waals surface area (Å²) in [6.07, 6.45) is 4.38. The zero-order chi connectivity index (χ0) is 17.9. The van der Waals surface area contributed by atoms with Gasteiger partial charge in [0.1, 0.15) is 0 Å². The number of hydrogen-bond acceptors (Lipinski definition) is 4. The number of hydrogen-bond donors (Lipinski definition) is 2. The molecule has 1 aromatic rings. The Morgan fingerprint density at radius 3 is 2.73 bits per heavy atom. The van der Waals surface area contributed by atoms with Crippen LogP contribution in [0.1, 0.15) is 35.4 Å². The number of amides is 1. The van der Waals surface area contributed by atoms with Gasteiger partial charge in [-0.3, -0.25) is 9.79 Å². The monoisotopic (exact) mass is 494 g/mol. The predicted octanol–water partition coefficient (Wildman–Crippen LogP) is 2.81. The second kappa shape index (κ2) is 13.3. The Hall–Kier alpha value is -0.870. The SMILES string of the molecule is CN=C(NCCCNC(=O)c1cccs1)N(C)CCC1CCOCC1.I. The van der Waals surface area contributed by atoms with Gasteiger partial charge in [0.25, 0.3) is 5.91 Å². The summed E-state index contributed by atoms with van der Waals surface area (Å²) >= 11 is 1.46. The third-order valence-electron chi connectivity index (χ3n) is 4.45. The van der Waals surface area contributed by atoms with E-state index in [1.54, 1.807) is 0 Å². The average molecular weight is 494 g/mol. The Kier molecular flexibility index (Phi) is 11.9. The third kappa shape index (κ3) is 8.22. The number of carbonyl (C=O) groups excluding carboxylic acids is 1. The number of nitrogens with zero attached hydrogens (tertiary/aromatic N) is 2. The Bertz CT molecular complexity index is 533. The molecule has 1 aliphatic rings. The van der Waals surface area contributed by atoms with E-state index in [2.05, 4.69) is 27.6 Å². The van der Waals surface area contributed by atoms with Gasteiger partial charge in [-0.15, -0.1) is 35.3 Å². The normalized spacial score (nSPS) is 15.2. The molecule has 0 aromatic carbocycles. The summed E-state index contributed by atoms with van der Waals surface area (Å²) < 4.78 is 5.41. The van der Waals surface area contributed by atoms with Gasteiger partial charge in [-0.2, -0.15) is 0 Å². The molecule has 0 radical (unpaired) electrons. The molecule has 0 spiro atoms. The highest BCUT2D eigenvalue weighted by Gasteiger charge is 2.15. The first-order valence-electron chi connectivity index (χ1n) is 9.02. The number of rotatable bonds is 8. The fourth-order valence-electron chi connectivity index (χ4n) is 2.89. The Labute approximate surface area is 177 Å². The van der Waals surface area contributed by atoms with Gasteiger partial charge < -0.3 is 20.3 Å². The Morgan fingerprint density at radius 1 is 1.35 bits per heavy atom. The summed E-state index contributed by atoms with van der Waals surface area (Å²) in [5, 5.41) is 8.22. The summed E-state index contributed by atoms with van der Waals surface area (Å²) in [6, 6.07) is 3.73. The molecule has 6 nitrogen and oxygen atoms in total. The van der Waals surface area contributed by atoms with Gasteiger partial charge in [-0.1, -0.05) is 6.07 Å². The van der Waals surface area contributed by atoms with Crippen LogP contribution < -0.4 is 10.6 Å². The average Bonchev–Trinajstić information content (AvgIpc) is 3.18. The Balaban J connectivity index is 0.00000338. The highest BCUT2D eigenvalue weighted by molar-refractivity contribution is 14.0. The van der Waals surface area contributed by atoms with Crippen LogP contribution in [-0.2, 0) is 4.74 Å². The lowest BCUT2D eigenvalue weighted by Gasteiger charge is -2.26. The molecular formula is C18H31IN4O2S. The van der Waals surface area contributed by atoms with Crippen molar-refractivity contribution in [3.05, 3.63) is 22.4 Å². The molecule has 148 valence electrons. The van der Waals surface area contributed by atoms with Gasteiger partial charge in [0, 0.05) is 46.9 Å². The van der Waals surface area contributed by atoms with Gasteiger partial charge in [-0.25, -0.2) is 0 Å². The van der Waals surface area contributed by atoms with Gasteiger partial charge in [0.15, 0.2) is 5.96 Å². The van der Waals surface area contributed by atoms with Crippen molar-refractivity contribution < 1.29 is 9.53 Å². The highest BCUT2D eigenvalue weighted by atomic mass is 127. The first kappa shape index (κ1) is 23.2. The molecule has 0 saturated carbocycles. The Morgan fingerprint density at radius 2 is 2.08 bits per heavy atom. The molecule has 2 N–H and O–H groups in total. The summed E-state index contributed by atoms with van der Waals surface area (Å²) in [6.45, 7) is 4.25. The molecule has 2 rings (SSSR count). The molecule has 1 aromatic heterocycles. The summed E-state index contributed by atoms with van der Waals surface area (Å²) in [5.41, 5.74) is 0. The van der Waals surface area contributed by atoms with E-state index < -0.39 is 0 Å². The number of halogens is 1. The first-order chi connectivity index (χ1) is 12.2. The van der Waals surface area contributed by atoms with E-state index in [4.69, 9.17) is 4.74 Å². The molecule has 26 heavy (non-hydrogen) atoms. The minimum Gasteiger partial charge on any atom is -0.381 e. The lowest BCUT2D eigenvalue weighted by Crippen LogP contribution is -2.41. The highest BCUT2D eigenvalue weighted by Crippen LogP contribution is 2.18. The molecule has 1 aliphatic heterocycles. The van der Waals surface area contributed by atoms with Crippen molar-refractivity contribution in [3.63, 3.8) is 0 Å². The molecule has 1 fully saturated rings. The summed E-state index contributed by atoms with van der Waals surface area (Å²) in [7, 11) is 3.89. The number of aliphatic imine (C=N–C) groups is 1. The zero-order valence-corrected chi connectivity index (χ0v) is 18.8. The second-order valence-electron chi connectivity index (χ2n) is 6.33. The fourth-order valence-corrected chi connectivity index (χ4v) is 3.53. The van der Waals surface area contributed by atoms with Crippen LogP contribution in [0, 0.1) is 5.92 Å². The quantitative estimate of drug-likeness (QED) is 0.253. The largest absolute Gasteiger partial charge is 0.381 e. The van der Waals surface area contributed by atoms with Crippen LogP contribution in [0.15, 0.2) is 22.5 Å². The van der Waals surface area contributed by atoms with Gasteiger partial charge in [0.05, 0.1) is 4.88 Å². The third-order valence-corrected chi connectivity index (χ3v) is 5.32. The van der Waals surface area contributed by atoms with E-state index in [0.717, 1.165) is 49.5 Å². The van der Waals surface area contributed by atoms with Crippen LogP contribution in [0.4, 0.5) is 0 Å². The van der Waals surface area contributed by atoms with E-state index in [9.17, 15) is 4.79 Å². The number of nitrogens with one attached hydrogen (secondary N) is 2. The van der Waals surface area contributed by atoms with Crippen molar-refractivity contribution in [2.45, 2.75) is 25.7 Å². The molecular weight excluding hydrogens is 463 g/mol. The van der Waals surface area contributed by atoms with Crippen molar-refractivity contribution in [1.82, 2.24) is 15.5 Å². The minimum absolute atomic E-state index is 0. The van der Waals surface area contributed by atoms with Crippen LogP contribution in [0.5, 0.6) is 0 Å². The smallest absolute Gasteiger partial charge is 0.261 e. The molecule has 1 amide bonds. The lowest BCUT2D eigenvalue weighted by molar-refractivity contribution is 0.0625. The summed E-state index contributed by atoms with van der Waals surface area (Å²) in [4.78, 5) is 19.1. The molecule has 0 unspecified atom stereocenters. The first-order valence-corrected chi connectivity index (χ1v) is 9.90. The van der Waals surface area contributed by atoms with Crippen LogP contribution in [-0.4, -0.2) is 63.7 Å². The molecule has 1 saturated heterocycles. The van der Waals surface area contributed by atoms with Crippen molar-refractivity contribution >= 4 is 47.2 Å². The number of carbonyl (C=O) groups is 1. The topological polar surface area (TPSA) is 66.0 Å². The van der Waals surface area contributed by atoms with E-state index in [1.165, 1.54) is 30.6 Å². The number of guanidine groups is 1. The van der Waals surface area contributed by atoms with E-state index >= 15 is 0 Å². The van der Waals surface area contributed by atoms with Crippen LogP contribution >= 0.6 is 35.3 Å². The number of thiophene rings is 1. The molecule has 0 aliphatic carbocycles. The predicted molar refractivity (Wildman–Crippen MR) is 119 cm³/mol. The summed E-state index contributed by atoms with van der Waals surface area (Å²) in [5.74, 6) is 1.69. The van der Waals surface area contributed by atoms with E-state index in [0.29, 0.717) is 6.54 Å². The van der Waals surface area contributed by atoms with Gasteiger partial charge in [0.2, 0.25) is 0 Å². The zero-order valence-electron chi connectivity index (χ0n) is 15.7. The second-order valence-corrected chi connectivity index (χ2v) is 7.27. The van der Waals surface area contributed by atoms with Crippen LogP contribution in [0.2, 0.25) is 0 Å². The molecule has 8 heteroatoms. The van der Waals surface area contributed by atoms with Crippen LogP contribution in [0.25, 0.3) is 0 Å². The van der Waals surface area contributed by atoms with E-state index in [1.807, 2.05) is 24.6 Å². The number of ether oxygens (including phenoxy) is 1. The standard InChI is InChI=1S/C18H30N4O2S.HI/c1-19-18(22(2)11-6-15-7-12-24-13-8-15)21-10-4-9-20-17(23)16-5-3-14-25-16;/h3,5,14-15H,4,6-13H2,1-2H3,(H,19,21)(H,20,23);1H. The lowest BCUT2D eigenvalue weighted by atomic mass is 9.96. The molecule has 0 atom stereocenters.